The fraction of sp³-hybridized carbons (Fsp3) is 0.471. The SMILES string of the molecule is CCc1ncc2c(n1)CN(CC(=O)N(C)Cc1ccco1)CC2. The molecule has 0 spiro atoms. The van der Waals surface area contributed by atoms with Gasteiger partial charge in [-0.2, -0.15) is 0 Å². The van der Waals surface area contributed by atoms with Crippen LogP contribution in [0, 0.1) is 0 Å². The number of aromatic nitrogens is 2. The number of amides is 1. The normalized spacial score (nSPS) is 14.5. The Hall–Kier alpha value is -2.21. The molecule has 0 bridgehead atoms. The Labute approximate surface area is 136 Å². The van der Waals surface area contributed by atoms with E-state index in [0.717, 1.165) is 36.7 Å². The maximum atomic E-state index is 12.4. The Balaban J connectivity index is 1.59. The topological polar surface area (TPSA) is 62.5 Å². The van der Waals surface area contributed by atoms with E-state index in [1.54, 1.807) is 18.2 Å². The molecule has 122 valence electrons. The van der Waals surface area contributed by atoms with Gasteiger partial charge in [0.15, 0.2) is 0 Å². The Bertz CT molecular complexity index is 669. The van der Waals surface area contributed by atoms with Crippen molar-refractivity contribution in [3.05, 3.63) is 47.4 Å². The summed E-state index contributed by atoms with van der Waals surface area (Å²) in [5.41, 5.74) is 2.26. The lowest BCUT2D eigenvalue weighted by molar-refractivity contribution is -0.132. The van der Waals surface area contributed by atoms with Crippen LogP contribution in [0.5, 0.6) is 0 Å². The summed E-state index contributed by atoms with van der Waals surface area (Å²) in [6.45, 7) is 4.53. The average Bonchev–Trinajstić information content (AvgIpc) is 3.07. The van der Waals surface area contributed by atoms with Gasteiger partial charge in [-0.3, -0.25) is 9.69 Å². The van der Waals surface area contributed by atoms with Crippen molar-refractivity contribution in [3.8, 4) is 0 Å². The molecule has 1 aliphatic rings. The molecule has 0 saturated heterocycles. The number of hydrogen-bond donors (Lipinski definition) is 0. The lowest BCUT2D eigenvalue weighted by atomic mass is 10.1. The lowest BCUT2D eigenvalue weighted by Crippen LogP contribution is -2.40. The number of nitrogens with zero attached hydrogens (tertiary/aromatic N) is 4. The molecule has 6 heteroatoms. The van der Waals surface area contributed by atoms with Crippen LogP contribution in [-0.4, -0.2) is 45.8 Å². The Kier molecular flexibility index (Phi) is 4.71. The summed E-state index contributed by atoms with van der Waals surface area (Å²) in [7, 11) is 1.81. The van der Waals surface area contributed by atoms with E-state index in [2.05, 4.69) is 21.8 Å². The molecule has 3 rings (SSSR count). The van der Waals surface area contributed by atoms with E-state index in [9.17, 15) is 4.79 Å². The number of likely N-dealkylation sites (N-methyl/N-ethyl adjacent to an activating group) is 1. The van der Waals surface area contributed by atoms with Crippen LogP contribution in [0.4, 0.5) is 0 Å². The number of carbonyl (C=O) groups is 1. The first kappa shape index (κ1) is 15.7. The number of carbonyl (C=O) groups excluding carboxylic acids is 1. The molecule has 0 N–H and O–H groups in total. The fourth-order valence-electron chi connectivity index (χ4n) is 2.74. The minimum Gasteiger partial charge on any atom is -0.467 e. The highest BCUT2D eigenvalue weighted by Crippen LogP contribution is 2.16. The number of furan rings is 1. The second-order valence-corrected chi connectivity index (χ2v) is 5.90. The van der Waals surface area contributed by atoms with E-state index in [1.807, 2.05) is 18.3 Å². The monoisotopic (exact) mass is 314 g/mol. The zero-order valence-corrected chi connectivity index (χ0v) is 13.7. The Morgan fingerprint density at radius 1 is 1.48 bits per heavy atom. The molecule has 2 aromatic heterocycles. The highest BCUT2D eigenvalue weighted by atomic mass is 16.3. The van der Waals surface area contributed by atoms with Crippen LogP contribution in [0.15, 0.2) is 29.0 Å². The molecular formula is C17H22N4O2. The number of rotatable bonds is 5. The molecule has 2 aromatic rings. The third-order valence-corrected chi connectivity index (χ3v) is 4.15. The van der Waals surface area contributed by atoms with Gasteiger partial charge in [0.1, 0.15) is 11.6 Å². The average molecular weight is 314 g/mol. The summed E-state index contributed by atoms with van der Waals surface area (Å²) in [6, 6.07) is 3.71. The molecule has 0 saturated carbocycles. The molecule has 3 heterocycles. The number of fused-ring (bicyclic) bond motifs is 1. The minimum atomic E-state index is 0.0922. The molecule has 0 radical (unpaired) electrons. The smallest absolute Gasteiger partial charge is 0.236 e. The van der Waals surface area contributed by atoms with Gasteiger partial charge in [0.05, 0.1) is 25.0 Å². The molecule has 0 aromatic carbocycles. The van der Waals surface area contributed by atoms with Crippen molar-refractivity contribution in [2.75, 3.05) is 20.1 Å². The van der Waals surface area contributed by atoms with Gasteiger partial charge in [0.25, 0.3) is 0 Å². The first-order valence-corrected chi connectivity index (χ1v) is 7.98. The summed E-state index contributed by atoms with van der Waals surface area (Å²) in [4.78, 5) is 25.2. The van der Waals surface area contributed by atoms with E-state index in [0.29, 0.717) is 19.6 Å². The van der Waals surface area contributed by atoms with Crippen LogP contribution in [0.1, 0.15) is 29.8 Å². The molecule has 0 unspecified atom stereocenters. The number of aryl methyl sites for hydroxylation is 1. The standard InChI is InChI=1S/C17H22N4O2/c1-3-16-18-9-13-6-7-21(11-15(13)19-16)12-17(22)20(2)10-14-5-4-8-23-14/h4-5,8-9H,3,6-7,10-12H2,1-2H3. The first-order chi connectivity index (χ1) is 11.2. The maximum Gasteiger partial charge on any atom is 0.236 e. The lowest BCUT2D eigenvalue weighted by Gasteiger charge is -2.28. The van der Waals surface area contributed by atoms with Gasteiger partial charge >= 0.3 is 0 Å². The van der Waals surface area contributed by atoms with Crippen molar-refractivity contribution in [3.63, 3.8) is 0 Å². The second kappa shape index (κ2) is 6.91. The number of hydrogen-bond acceptors (Lipinski definition) is 5. The van der Waals surface area contributed by atoms with Gasteiger partial charge in [0, 0.05) is 32.8 Å². The van der Waals surface area contributed by atoms with Gasteiger partial charge in [-0.05, 0) is 24.1 Å². The van der Waals surface area contributed by atoms with Crippen molar-refractivity contribution in [2.45, 2.75) is 32.9 Å². The summed E-state index contributed by atoms with van der Waals surface area (Å²) >= 11 is 0. The van der Waals surface area contributed by atoms with Crippen LogP contribution in [0.25, 0.3) is 0 Å². The van der Waals surface area contributed by atoms with Crippen LogP contribution < -0.4 is 0 Å². The first-order valence-electron chi connectivity index (χ1n) is 7.98. The minimum absolute atomic E-state index is 0.0922. The van der Waals surface area contributed by atoms with Gasteiger partial charge in [-0.25, -0.2) is 9.97 Å². The van der Waals surface area contributed by atoms with Crippen LogP contribution in [-0.2, 0) is 30.7 Å². The third-order valence-electron chi connectivity index (χ3n) is 4.15. The van der Waals surface area contributed by atoms with Crippen molar-refractivity contribution >= 4 is 5.91 Å². The molecule has 6 nitrogen and oxygen atoms in total. The maximum absolute atomic E-state index is 12.4. The van der Waals surface area contributed by atoms with E-state index in [1.165, 1.54) is 5.56 Å². The molecular weight excluding hydrogens is 292 g/mol. The highest BCUT2D eigenvalue weighted by molar-refractivity contribution is 5.77. The predicted octanol–water partition coefficient (Wildman–Crippen LogP) is 1.65. The van der Waals surface area contributed by atoms with E-state index in [4.69, 9.17) is 4.42 Å². The molecule has 0 fully saturated rings. The Morgan fingerprint density at radius 2 is 2.35 bits per heavy atom. The van der Waals surface area contributed by atoms with Crippen molar-refractivity contribution in [1.82, 2.24) is 19.8 Å². The van der Waals surface area contributed by atoms with Crippen molar-refractivity contribution < 1.29 is 9.21 Å². The van der Waals surface area contributed by atoms with Crippen LogP contribution in [0.2, 0.25) is 0 Å². The van der Waals surface area contributed by atoms with E-state index in [-0.39, 0.29) is 5.91 Å². The van der Waals surface area contributed by atoms with Gasteiger partial charge in [0.2, 0.25) is 5.91 Å². The zero-order valence-electron chi connectivity index (χ0n) is 13.7. The third kappa shape index (κ3) is 3.76. The zero-order chi connectivity index (χ0) is 16.2. The van der Waals surface area contributed by atoms with Gasteiger partial charge in [-0.15, -0.1) is 0 Å². The molecule has 0 atom stereocenters. The Morgan fingerprint density at radius 3 is 3.09 bits per heavy atom. The molecule has 0 aliphatic carbocycles. The summed E-state index contributed by atoms with van der Waals surface area (Å²) in [5.74, 6) is 1.76. The van der Waals surface area contributed by atoms with E-state index < -0.39 is 0 Å². The van der Waals surface area contributed by atoms with Crippen molar-refractivity contribution in [2.24, 2.45) is 0 Å². The summed E-state index contributed by atoms with van der Waals surface area (Å²) in [5, 5.41) is 0. The quantitative estimate of drug-likeness (QED) is 0.840. The van der Waals surface area contributed by atoms with Crippen molar-refractivity contribution in [1.29, 1.82) is 0 Å². The fourth-order valence-corrected chi connectivity index (χ4v) is 2.74. The van der Waals surface area contributed by atoms with Crippen LogP contribution >= 0.6 is 0 Å². The predicted molar refractivity (Wildman–Crippen MR) is 85.6 cm³/mol. The molecule has 23 heavy (non-hydrogen) atoms. The van der Waals surface area contributed by atoms with Gasteiger partial charge < -0.3 is 9.32 Å². The molecule has 1 amide bonds. The van der Waals surface area contributed by atoms with Crippen LogP contribution in [0.3, 0.4) is 0 Å². The molecule has 1 aliphatic heterocycles. The highest BCUT2D eigenvalue weighted by Gasteiger charge is 2.21. The summed E-state index contributed by atoms with van der Waals surface area (Å²) in [6.07, 6.45) is 5.29. The van der Waals surface area contributed by atoms with E-state index >= 15 is 0 Å². The van der Waals surface area contributed by atoms with Gasteiger partial charge in [-0.1, -0.05) is 6.92 Å². The summed E-state index contributed by atoms with van der Waals surface area (Å²) < 4.78 is 5.29. The second-order valence-electron chi connectivity index (χ2n) is 5.90. The largest absolute Gasteiger partial charge is 0.467 e.